The average Bonchev–Trinajstić information content (AvgIpc) is 3.49. The molecule has 5 nitrogen and oxygen atoms in total. The van der Waals surface area contributed by atoms with Crippen molar-refractivity contribution >= 4 is 17.2 Å². The van der Waals surface area contributed by atoms with E-state index in [2.05, 4.69) is 5.32 Å². The number of halogens is 1. The Balaban J connectivity index is 1.36. The highest BCUT2D eigenvalue weighted by Crippen LogP contribution is 2.31. The van der Waals surface area contributed by atoms with Crippen LogP contribution in [0.4, 0.5) is 4.39 Å². The minimum atomic E-state index is -0.301. The summed E-state index contributed by atoms with van der Waals surface area (Å²) in [7, 11) is 1.59. The third kappa shape index (κ3) is 5.24. The van der Waals surface area contributed by atoms with Crippen LogP contribution in [0.5, 0.6) is 11.5 Å². The molecule has 162 valence electrons. The van der Waals surface area contributed by atoms with Gasteiger partial charge in [-0.2, -0.15) is 0 Å². The van der Waals surface area contributed by atoms with Crippen molar-refractivity contribution < 1.29 is 23.4 Å². The Kier molecular flexibility index (Phi) is 6.84. The van der Waals surface area contributed by atoms with Gasteiger partial charge in [-0.25, -0.2) is 4.39 Å². The molecule has 0 aliphatic carbocycles. The number of carbonyl (C=O) groups is 1. The van der Waals surface area contributed by atoms with Gasteiger partial charge in [0.25, 0.3) is 5.91 Å². The zero-order chi connectivity index (χ0) is 21.6. The first-order valence-electron chi connectivity index (χ1n) is 10.2. The normalized spacial score (nSPS) is 15.6. The first-order valence-corrected chi connectivity index (χ1v) is 11.0. The number of hydrogen-bond donors (Lipinski definition) is 1. The topological polar surface area (TPSA) is 56.8 Å². The Labute approximate surface area is 184 Å². The lowest BCUT2D eigenvalue weighted by Gasteiger charge is -2.15. The summed E-state index contributed by atoms with van der Waals surface area (Å²) in [5.41, 5.74) is 1.38. The van der Waals surface area contributed by atoms with Gasteiger partial charge in [-0.15, -0.1) is 11.3 Å². The van der Waals surface area contributed by atoms with Crippen LogP contribution < -0.4 is 14.8 Å². The molecule has 1 amide bonds. The highest BCUT2D eigenvalue weighted by Gasteiger charge is 2.17. The molecule has 1 fully saturated rings. The minimum absolute atomic E-state index is 0.128. The largest absolute Gasteiger partial charge is 0.493 e. The van der Waals surface area contributed by atoms with E-state index in [9.17, 15) is 9.18 Å². The van der Waals surface area contributed by atoms with Gasteiger partial charge in [0.15, 0.2) is 11.5 Å². The van der Waals surface area contributed by atoms with Crippen LogP contribution in [0.15, 0.2) is 54.6 Å². The molecule has 3 aromatic rings. The van der Waals surface area contributed by atoms with Crippen molar-refractivity contribution in [3.8, 4) is 21.9 Å². The van der Waals surface area contributed by atoms with E-state index < -0.39 is 0 Å². The Morgan fingerprint density at radius 3 is 2.84 bits per heavy atom. The summed E-state index contributed by atoms with van der Waals surface area (Å²) in [6, 6.07) is 15.6. The predicted molar refractivity (Wildman–Crippen MR) is 118 cm³/mol. The molecule has 2 heterocycles. The Morgan fingerprint density at radius 1 is 1.19 bits per heavy atom. The molecular formula is C24H24FNO4S. The maximum Gasteiger partial charge on any atom is 0.261 e. The third-order valence-electron chi connectivity index (χ3n) is 5.10. The van der Waals surface area contributed by atoms with E-state index in [0.717, 1.165) is 29.9 Å². The molecule has 1 atom stereocenters. The van der Waals surface area contributed by atoms with E-state index in [4.69, 9.17) is 14.2 Å². The van der Waals surface area contributed by atoms with Gasteiger partial charge in [-0.1, -0.05) is 24.3 Å². The van der Waals surface area contributed by atoms with Crippen LogP contribution in [0.25, 0.3) is 10.4 Å². The summed E-state index contributed by atoms with van der Waals surface area (Å²) < 4.78 is 30.9. The Hall–Kier alpha value is -2.90. The second kappa shape index (κ2) is 9.94. The summed E-state index contributed by atoms with van der Waals surface area (Å²) in [6.45, 7) is 1.62. The van der Waals surface area contributed by atoms with E-state index >= 15 is 0 Å². The van der Waals surface area contributed by atoms with E-state index in [1.807, 2.05) is 18.2 Å². The van der Waals surface area contributed by atoms with Gasteiger partial charge in [-0.3, -0.25) is 4.79 Å². The predicted octanol–water partition coefficient (Wildman–Crippen LogP) is 5.05. The number of rotatable bonds is 8. The summed E-state index contributed by atoms with van der Waals surface area (Å²) in [5.74, 6) is 0.763. The van der Waals surface area contributed by atoms with Crippen molar-refractivity contribution in [3.05, 3.63) is 70.9 Å². The Morgan fingerprint density at radius 2 is 2.06 bits per heavy atom. The smallest absolute Gasteiger partial charge is 0.261 e. The van der Waals surface area contributed by atoms with E-state index in [-0.39, 0.29) is 17.8 Å². The summed E-state index contributed by atoms with van der Waals surface area (Å²) in [6.07, 6.45) is 2.20. The van der Waals surface area contributed by atoms with Crippen molar-refractivity contribution in [1.29, 1.82) is 0 Å². The molecule has 1 aromatic heterocycles. The fourth-order valence-electron chi connectivity index (χ4n) is 3.43. The fourth-order valence-corrected chi connectivity index (χ4v) is 4.38. The molecule has 1 N–H and O–H groups in total. The number of benzene rings is 2. The number of amides is 1. The van der Waals surface area contributed by atoms with Crippen LogP contribution in [0.3, 0.4) is 0 Å². The summed E-state index contributed by atoms with van der Waals surface area (Å²) in [4.78, 5) is 13.8. The maximum atomic E-state index is 14.0. The Bertz CT molecular complexity index is 1050. The molecule has 0 radical (unpaired) electrons. The summed E-state index contributed by atoms with van der Waals surface area (Å²) in [5, 5.41) is 2.90. The van der Waals surface area contributed by atoms with Crippen molar-refractivity contribution in [1.82, 2.24) is 5.32 Å². The van der Waals surface area contributed by atoms with Crippen molar-refractivity contribution in [2.45, 2.75) is 25.5 Å². The van der Waals surface area contributed by atoms with E-state index in [0.29, 0.717) is 35.1 Å². The lowest BCUT2D eigenvalue weighted by molar-refractivity contribution is 0.0669. The van der Waals surface area contributed by atoms with Crippen molar-refractivity contribution in [3.63, 3.8) is 0 Å². The first kappa shape index (κ1) is 21.3. The molecular weight excluding hydrogens is 417 g/mol. The molecule has 0 saturated carbocycles. The van der Waals surface area contributed by atoms with Crippen LogP contribution in [-0.2, 0) is 11.3 Å². The van der Waals surface area contributed by atoms with Crippen molar-refractivity contribution in [2.24, 2.45) is 0 Å². The zero-order valence-electron chi connectivity index (χ0n) is 17.2. The highest BCUT2D eigenvalue weighted by atomic mass is 32.1. The number of thiophene rings is 1. The average molecular weight is 442 g/mol. The molecule has 1 saturated heterocycles. The zero-order valence-corrected chi connectivity index (χ0v) is 18.0. The fraction of sp³-hybridized carbons (Fsp3) is 0.292. The number of nitrogens with one attached hydrogen (secondary N) is 1. The van der Waals surface area contributed by atoms with Crippen molar-refractivity contribution in [2.75, 3.05) is 20.3 Å². The molecule has 7 heteroatoms. The molecule has 1 aliphatic rings. The van der Waals surface area contributed by atoms with Gasteiger partial charge in [0.1, 0.15) is 12.4 Å². The SMILES string of the molecule is COc1cc(CNC(=O)c2ccc(-c3ccccc3F)s2)ccc1OCC1CCCO1. The standard InChI is InChI=1S/C24H24FNO4S/c1-28-21-13-16(8-9-20(21)30-15-17-5-4-12-29-17)14-26-24(27)23-11-10-22(31-23)18-6-2-3-7-19(18)25/h2-3,6-11,13,17H,4-5,12,14-15H2,1H3,(H,26,27). The van der Waals surface area contributed by atoms with Crippen LogP contribution in [0.1, 0.15) is 28.1 Å². The molecule has 4 rings (SSSR count). The number of carbonyl (C=O) groups excluding carboxylic acids is 1. The second-order valence-corrected chi connectivity index (χ2v) is 8.34. The van der Waals surface area contributed by atoms with Gasteiger partial charge in [0.2, 0.25) is 0 Å². The maximum absolute atomic E-state index is 14.0. The second-order valence-electron chi connectivity index (χ2n) is 7.26. The number of hydrogen-bond acceptors (Lipinski definition) is 5. The van der Waals surface area contributed by atoms with Crippen LogP contribution in [0, 0.1) is 5.82 Å². The van der Waals surface area contributed by atoms with E-state index in [1.165, 1.54) is 17.4 Å². The van der Waals surface area contributed by atoms with Gasteiger partial charge in [0.05, 0.1) is 18.1 Å². The number of methoxy groups -OCH3 is 1. The lowest BCUT2D eigenvalue weighted by Crippen LogP contribution is -2.21. The molecule has 31 heavy (non-hydrogen) atoms. The molecule has 2 aromatic carbocycles. The quantitative estimate of drug-likeness (QED) is 0.532. The molecule has 1 unspecified atom stereocenters. The summed E-state index contributed by atoms with van der Waals surface area (Å²) >= 11 is 1.26. The minimum Gasteiger partial charge on any atom is -0.493 e. The van der Waals surface area contributed by atoms with Crippen LogP contribution in [-0.4, -0.2) is 32.3 Å². The lowest BCUT2D eigenvalue weighted by atomic mass is 10.2. The van der Waals surface area contributed by atoms with Crippen LogP contribution in [0.2, 0.25) is 0 Å². The monoisotopic (exact) mass is 441 g/mol. The van der Waals surface area contributed by atoms with E-state index in [1.54, 1.807) is 37.4 Å². The third-order valence-corrected chi connectivity index (χ3v) is 6.22. The first-order chi connectivity index (χ1) is 15.1. The van der Waals surface area contributed by atoms with Gasteiger partial charge in [0, 0.05) is 23.6 Å². The van der Waals surface area contributed by atoms with Gasteiger partial charge < -0.3 is 19.5 Å². The van der Waals surface area contributed by atoms with Gasteiger partial charge >= 0.3 is 0 Å². The molecule has 1 aliphatic heterocycles. The highest BCUT2D eigenvalue weighted by molar-refractivity contribution is 7.17. The number of ether oxygens (including phenoxy) is 3. The van der Waals surface area contributed by atoms with Gasteiger partial charge in [-0.05, 0) is 48.7 Å². The molecule has 0 bridgehead atoms. The van der Waals surface area contributed by atoms with Crippen LogP contribution >= 0.6 is 11.3 Å². The molecule has 0 spiro atoms.